The van der Waals surface area contributed by atoms with Crippen LogP contribution in [0.25, 0.3) is 0 Å². The molecule has 0 aliphatic carbocycles. The van der Waals surface area contributed by atoms with Crippen LogP contribution in [0.15, 0.2) is 91.4 Å². The highest BCUT2D eigenvalue weighted by molar-refractivity contribution is 6.11. The van der Waals surface area contributed by atoms with Gasteiger partial charge in [0, 0.05) is 23.8 Å². The number of carbonyl (C=O) groups is 2. The molecule has 1 N–H and O–H groups in total. The molecule has 0 radical (unpaired) electrons. The van der Waals surface area contributed by atoms with E-state index >= 15 is 0 Å². The van der Waals surface area contributed by atoms with Crippen molar-refractivity contribution in [2.75, 3.05) is 16.8 Å². The Kier molecular flexibility index (Phi) is 7.65. The molecule has 36 heavy (non-hydrogen) atoms. The molecule has 8 heteroatoms. The van der Waals surface area contributed by atoms with Crippen molar-refractivity contribution < 1.29 is 18.7 Å². The third kappa shape index (κ3) is 5.72. The number of rotatable bonds is 8. The molecule has 0 spiro atoms. The first-order valence-corrected chi connectivity index (χ1v) is 11.4. The quantitative estimate of drug-likeness (QED) is 0.365. The Morgan fingerprint density at radius 1 is 0.972 bits per heavy atom. The van der Waals surface area contributed by atoms with Gasteiger partial charge in [-0.25, -0.2) is 9.37 Å². The SMILES string of the molecule is CCOc1ccc(N(C(=O)c2cnccn2)[C@H](C(=O)Nc2ccc(F)cc2)c2ccc(C)cc2)cc1. The highest BCUT2D eigenvalue weighted by Crippen LogP contribution is 2.32. The zero-order valence-corrected chi connectivity index (χ0v) is 19.9. The van der Waals surface area contributed by atoms with Gasteiger partial charge in [0.1, 0.15) is 23.3 Å². The Labute approximate surface area is 208 Å². The molecule has 2 amide bonds. The van der Waals surface area contributed by atoms with Crippen LogP contribution in [-0.2, 0) is 4.79 Å². The number of benzene rings is 3. The number of ether oxygens (including phenoxy) is 1. The molecule has 0 fully saturated rings. The second-order valence-corrected chi connectivity index (χ2v) is 8.00. The fourth-order valence-corrected chi connectivity index (χ4v) is 3.70. The normalized spacial score (nSPS) is 11.4. The summed E-state index contributed by atoms with van der Waals surface area (Å²) in [5.74, 6) is -0.767. The van der Waals surface area contributed by atoms with Crippen LogP contribution in [0.5, 0.6) is 5.75 Å². The van der Waals surface area contributed by atoms with Gasteiger partial charge >= 0.3 is 0 Å². The number of amides is 2. The predicted octanol–water partition coefficient (Wildman–Crippen LogP) is 5.35. The smallest absolute Gasteiger partial charge is 0.279 e. The van der Waals surface area contributed by atoms with E-state index in [2.05, 4.69) is 15.3 Å². The number of hydrogen-bond donors (Lipinski definition) is 1. The van der Waals surface area contributed by atoms with Crippen LogP contribution < -0.4 is 15.0 Å². The molecular weight excluding hydrogens is 459 g/mol. The third-order valence-corrected chi connectivity index (χ3v) is 5.44. The van der Waals surface area contributed by atoms with Gasteiger partial charge in [0.05, 0.1) is 12.8 Å². The van der Waals surface area contributed by atoms with Gasteiger partial charge in [-0.2, -0.15) is 0 Å². The zero-order valence-electron chi connectivity index (χ0n) is 19.9. The zero-order chi connectivity index (χ0) is 25.5. The first kappa shape index (κ1) is 24.5. The van der Waals surface area contributed by atoms with E-state index in [-0.39, 0.29) is 5.69 Å². The molecule has 7 nitrogen and oxygen atoms in total. The summed E-state index contributed by atoms with van der Waals surface area (Å²) in [6.07, 6.45) is 4.24. The third-order valence-electron chi connectivity index (χ3n) is 5.44. The molecule has 0 unspecified atom stereocenters. The molecule has 1 heterocycles. The van der Waals surface area contributed by atoms with E-state index in [0.717, 1.165) is 5.56 Å². The highest BCUT2D eigenvalue weighted by Gasteiger charge is 2.34. The maximum absolute atomic E-state index is 13.8. The molecule has 1 aromatic heterocycles. The van der Waals surface area contributed by atoms with Crippen molar-refractivity contribution in [2.24, 2.45) is 0 Å². The van der Waals surface area contributed by atoms with Gasteiger partial charge in [0.2, 0.25) is 0 Å². The lowest BCUT2D eigenvalue weighted by Gasteiger charge is -2.31. The van der Waals surface area contributed by atoms with Crippen LogP contribution in [0.3, 0.4) is 0 Å². The highest BCUT2D eigenvalue weighted by atomic mass is 19.1. The standard InChI is InChI=1S/C28H25FN4O3/c1-3-36-24-14-12-23(13-15-24)33(28(35)25-18-30-16-17-31-25)26(20-6-4-19(2)5-7-20)27(34)32-22-10-8-21(29)9-11-22/h4-18,26H,3H2,1-2H3,(H,32,34)/t26-/m0/s1. The van der Waals surface area contributed by atoms with Crippen molar-refractivity contribution in [1.29, 1.82) is 0 Å². The van der Waals surface area contributed by atoms with Crippen LogP contribution in [0.2, 0.25) is 0 Å². The van der Waals surface area contributed by atoms with E-state index in [1.165, 1.54) is 47.8 Å². The first-order chi connectivity index (χ1) is 17.5. The van der Waals surface area contributed by atoms with Gasteiger partial charge in [-0.05, 0) is 67.9 Å². The fraction of sp³-hybridized carbons (Fsp3) is 0.143. The minimum Gasteiger partial charge on any atom is -0.494 e. The molecule has 1 atom stereocenters. The molecular formula is C28H25FN4O3. The summed E-state index contributed by atoms with van der Waals surface area (Å²) in [6, 6.07) is 18.6. The molecule has 0 bridgehead atoms. The van der Waals surface area contributed by atoms with Crippen LogP contribution in [0.4, 0.5) is 15.8 Å². The van der Waals surface area contributed by atoms with Crippen molar-refractivity contribution in [3.8, 4) is 5.75 Å². The number of hydrogen-bond acceptors (Lipinski definition) is 5. The van der Waals surface area contributed by atoms with Gasteiger partial charge in [0.25, 0.3) is 11.8 Å². The van der Waals surface area contributed by atoms with Crippen LogP contribution in [-0.4, -0.2) is 28.4 Å². The Morgan fingerprint density at radius 3 is 2.28 bits per heavy atom. The van der Waals surface area contributed by atoms with Crippen LogP contribution in [0, 0.1) is 12.7 Å². The average molecular weight is 485 g/mol. The molecule has 4 rings (SSSR count). The van der Waals surface area contributed by atoms with Gasteiger partial charge in [-0.1, -0.05) is 29.8 Å². The second kappa shape index (κ2) is 11.2. The maximum Gasteiger partial charge on any atom is 0.279 e. The van der Waals surface area contributed by atoms with Crippen molar-refractivity contribution in [2.45, 2.75) is 19.9 Å². The van der Waals surface area contributed by atoms with E-state index in [4.69, 9.17) is 4.74 Å². The van der Waals surface area contributed by atoms with Crippen LogP contribution in [0.1, 0.15) is 34.6 Å². The maximum atomic E-state index is 13.8. The Balaban J connectivity index is 1.82. The first-order valence-electron chi connectivity index (χ1n) is 11.4. The van der Waals surface area contributed by atoms with E-state index in [0.29, 0.717) is 29.3 Å². The van der Waals surface area contributed by atoms with E-state index < -0.39 is 23.7 Å². The number of nitrogens with one attached hydrogen (secondary N) is 1. The molecule has 0 aliphatic rings. The Bertz CT molecular complexity index is 1310. The van der Waals surface area contributed by atoms with Gasteiger partial charge < -0.3 is 10.1 Å². The van der Waals surface area contributed by atoms with Gasteiger partial charge in [-0.3, -0.25) is 19.5 Å². The second-order valence-electron chi connectivity index (χ2n) is 8.00. The summed E-state index contributed by atoms with van der Waals surface area (Å²) in [5.41, 5.74) is 2.54. The number of anilines is 2. The van der Waals surface area contributed by atoms with E-state index in [9.17, 15) is 14.0 Å². The van der Waals surface area contributed by atoms with Crippen molar-refractivity contribution in [1.82, 2.24) is 9.97 Å². The summed E-state index contributed by atoms with van der Waals surface area (Å²) >= 11 is 0. The molecule has 0 aliphatic heterocycles. The van der Waals surface area contributed by atoms with Crippen LogP contribution >= 0.6 is 0 Å². The molecule has 182 valence electrons. The number of nitrogens with zero attached hydrogens (tertiary/aromatic N) is 3. The molecule has 3 aromatic carbocycles. The summed E-state index contributed by atoms with van der Waals surface area (Å²) in [5, 5.41) is 2.81. The molecule has 4 aromatic rings. The predicted molar refractivity (Wildman–Crippen MR) is 135 cm³/mol. The molecule has 0 saturated carbocycles. The topological polar surface area (TPSA) is 84.4 Å². The molecule has 0 saturated heterocycles. The lowest BCUT2D eigenvalue weighted by molar-refractivity contribution is -0.117. The minimum absolute atomic E-state index is 0.0816. The Morgan fingerprint density at radius 2 is 1.67 bits per heavy atom. The van der Waals surface area contributed by atoms with E-state index in [1.54, 1.807) is 36.4 Å². The van der Waals surface area contributed by atoms with Crippen molar-refractivity contribution >= 4 is 23.2 Å². The minimum atomic E-state index is -1.07. The summed E-state index contributed by atoms with van der Waals surface area (Å²) in [6.45, 7) is 4.31. The lowest BCUT2D eigenvalue weighted by Crippen LogP contribution is -2.42. The average Bonchev–Trinajstić information content (AvgIpc) is 2.90. The number of carbonyl (C=O) groups excluding carboxylic acids is 2. The Hall–Kier alpha value is -4.59. The number of aromatic nitrogens is 2. The van der Waals surface area contributed by atoms with Gasteiger partial charge in [-0.15, -0.1) is 0 Å². The summed E-state index contributed by atoms with van der Waals surface area (Å²) in [4.78, 5) is 37.1. The number of halogens is 1. The van der Waals surface area contributed by atoms with E-state index in [1.807, 2.05) is 26.0 Å². The van der Waals surface area contributed by atoms with Crippen molar-refractivity contribution in [3.63, 3.8) is 0 Å². The van der Waals surface area contributed by atoms with Crippen molar-refractivity contribution in [3.05, 3.63) is 114 Å². The monoisotopic (exact) mass is 484 g/mol. The summed E-state index contributed by atoms with van der Waals surface area (Å²) < 4.78 is 19.0. The summed E-state index contributed by atoms with van der Waals surface area (Å²) in [7, 11) is 0. The number of aryl methyl sites for hydroxylation is 1. The lowest BCUT2D eigenvalue weighted by atomic mass is 10.0. The van der Waals surface area contributed by atoms with Gasteiger partial charge in [0.15, 0.2) is 0 Å². The largest absolute Gasteiger partial charge is 0.494 e. The fourth-order valence-electron chi connectivity index (χ4n) is 3.70.